The molecule has 1 atom stereocenters. The molecule has 3 rings (SSSR count). The van der Waals surface area contributed by atoms with Gasteiger partial charge in [0.15, 0.2) is 0 Å². The number of amides is 2. The number of benzene rings is 2. The lowest BCUT2D eigenvalue weighted by molar-refractivity contribution is -0.122. The molecule has 2 aromatic carbocycles. The van der Waals surface area contributed by atoms with Crippen molar-refractivity contribution in [3.05, 3.63) is 57.5 Å². The fourth-order valence-corrected chi connectivity index (χ4v) is 3.28. The van der Waals surface area contributed by atoms with Crippen molar-refractivity contribution in [1.29, 1.82) is 0 Å². The minimum absolute atomic E-state index is 0.0957. The van der Waals surface area contributed by atoms with Crippen LogP contribution in [0.15, 0.2) is 42.5 Å². The van der Waals surface area contributed by atoms with E-state index < -0.39 is 5.92 Å². The van der Waals surface area contributed by atoms with Crippen molar-refractivity contribution in [3.63, 3.8) is 0 Å². The second-order valence-corrected chi connectivity index (χ2v) is 6.84. The molecule has 0 bridgehead atoms. The maximum absolute atomic E-state index is 12.4. The summed E-state index contributed by atoms with van der Waals surface area (Å²) in [5.41, 5.74) is 1.24. The number of rotatable bonds is 3. The van der Waals surface area contributed by atoms with Crippen LogP contribution in [0.3, 0.4) is 0 Å². The molecule has 1 saturated heterocycles. The molecule has 2 amide bonds. The van der Waals surface area contributed by atoms with Gasteiger partial charge in [0.05, 0.1) is 5.92 Å². The summed E-state index contributed by atoms with van der Waals surface area (Å²) in [5.74, 6) is -0.773. The second kappa shape index (κ2) is 7.01. The molecular weight excluding hydrogens is 371 g/mol. The van der Waals surface area contributed by atoms with E-state index in [9.17, 15) is 9.59 Å². The summed E-state index contributed by atoms with van der Waals surface area (Å²) in [6.07, 6.45) is 0.156. The Morgan fingerprint density at radius 1 is 1.00 bits per heavy atom. The monoisotopic (exact) mass is 382 g/mol. The van der Waals surface area contributed by atoms with E-state index in [4.69, 9.17) is 34.8 Å². The lowest BCUT2D eigenvalue weighted by Crippen LogP contribution is -2.28. The molecule has 0 unspecified atom stereocenters. The highest BCUT2D eigenvalue weighted by atomic mass is 35.5. The Morgan fingerprint density at radius 2 is 1.62 bits per heavy atom. The van der Waals surface area contributed by atoms with Gasteiger partial charge in [0, 0.05) is 39.4 Å². The summed E-state index contributed by atoms with van der Waals surface area (Å²) in [5, 5.41) is 4.22. The molecule has 0 aromatic heterocycles. The van der Waals surface area contributed by atoms with Crippen LogP contribution in [0, 0.1) is 5.92 Å². The number of hydrogen-bond acceptors (Lipinski definition) is 2. The summed E-state index contributed by atoms with van der Waals surface area (Å²) in [6, 6.07) is 11.8. The lowest BCUT2D eigenvalue weighted by Gasteiger charge is -2.17. The number of hydrogen-bond donors (Lipinski definition) is 1. The number of anilines is 2. The molecule has 1 aliphatic rings. The fourth-order valence-electron chi connectivity index (χ4n) is 2.62. The first-order chi connectivity index (χ1) is 11.4. The van der Waals surface area contributed by atoms with Gasteiger partial charge in [0.2, 0.25) is 11.8 Å². The molecule has 2 aromatic rings. The van der Waals surface area contributed by atoms with Crippen molar-refractivity contribution in [1.82, 2.24) is 0 Å². The van der Waals surface area contributed by atoms with Crippen molar-refractivity contribution < 1.29 is 9.59 Å². The number of carbonyl (C=O) groups excluding carboxylic acids is 2. The van der Waals surface area contributed by atoms with Gasteiger partial charge in [-0.2, -0.15) is 0 Å². The Kier molecular flexibility index (Phi) is 4.99. The maximum atomic E-state index is 12.4. The normalized spacial score (nSPS) is 17.2. The first-order valence-corrected chi connectivity index (χ1v) is 8.38. The van der Waals surface area contributed by atoms with Crippen molar-refractivity contribution in [3.8, 4) is 0 Å². The Bertz CT molecular complexity index is 773. The van der Waals surface area contributed by atoms with Crippen LogP contribution in [0.1, 0.15) is 6.42 Å². The third-order valence-electron chi connectivity index (χ3n) is 3.76. The van der Waals surface area contributed by atoms with Crippen LogP contribution in [-0.4, -0.2) is 18.4 Å². The van der Waals surface area contributed by atoms with Gasteiger partial charge in [0.25, 0.3) is 0 Å². The summed E-state index contributed by atoms with van der Waals surface area (Å²) >= 11 is 17.7. The zero-order chi connectivity index (χ0) is 17.3. The summed E-state index contributed by atoms with van der Waals surface area (Å²) in [7, 11) is 0. The number of nitrogens with one attached hydrogen (secondary N) is 1. The van der Waals surface area contributed by atoms with Gasteiger partial charge in [0.1, 0.15) is 0 Å². The quantitative estimate of drug-likeness (QED) is 0.839. The lowest BCUT2D eigenvalue weighted by atomic mass is 10.1. The van der Waals surface area contributed by atoms with Crippen molar-refractivity contribution in [2.75, 3.05) is 16.8 Å². The second-order valence-electron chi connectivity index (χ2n) is 5.53. The van der Waals surface area contributed by atoms with E-state index in [0.29, 0.717) is 27.3 Å². The smallest absolute Gasteiger partial charge is 0.229 e. The van der Waals surface area contributed by atoms with Gasteiger partial charge < -0.3 is 10.2 Å². The molecule has 7 heteroatoms. The minimum atomic E-state index is -0.439. The number of nitrogens with zero attached hydrogens (tertiary/aromatic N) is 1. The van der Waals surface area contributed by atoms with Crippen LogP contribution in [0.4, 0.5) is 11.4 Å². The summed E-state index contributed by atoms with van der Waals surface area (Å²) in [4.78, 5) is 26.2. The van der Waals surface area contributed by atoms with Crippen molar-refractivity contribution >= 4 is 58.0 Å². The third-order valence-corrected chi connectivity index (χ3v) is 4.45. The molecule has 4 nitrogen and oxygen atoms in total. The van der Waals surface area contributed by atoms with Crippen LogP contribution in [0.2, 0.25) is 15.1 Å². The fraction of sp³-hybridized carbons (Fsp3) is 0.176. The van der Waals surface area contributed by atoms with Crippen LogP contribution >= 0.6 is 34.8 Å². The molecule has 24 heavy (non-hydrogen) atoms. The van der Waals surface area contributed by atoms with Gasteiger partial charge in [-0.05, 0) is 42.5 Å². The van der Waals surface area contributed by atoms with Crippen LogP contribution < -0.4 is 10.2 Å². The topological polar surface area (TPSA) is 49.4 Å². The van der Waals surface area contributed by atoms with E-state index in [-0.39, 0.29) is 18.2 Å². The molecule has 124 valence electrons. The first-order valence-electron chi connectivity index (χ1n) is 7.25. The molecule has 0 radical (unpaired) electrons. The SMILES string of the molecule is O=C(Nc1cc(Cl)cc(Cl)c1)[C@@H]1CC(=O)N(c2ccc(Cl)cc2)C1. The van der Waals surface area contributed by atoms with E-state index >= 15 is 0 Å². The standard InChI is InChI=1S/C17H13Cl3N2O2/c18-11-1-3-15(4-2-11)22-9-10(5-16(22)23)17(24)21-14-7-12(19)6-13(20)8-14/h1-4,6-8,10H,5,9H2,(H,21,24)/t10-/m1/s1. The summed E-state index contributed by atoms with van der Waals surface area (Å²) < 4.78 is 0. The van der Waals surface area contributed by atoms with Gasteiger partial charge in [-0.15, -0.1) is 0 Å². The summed E-state index contributed by atoms with van der Waals surface area (Å²) in [6.45, 7) is 0.320. The molecular formula is C17H13Cl3N2O2. The predicted molar refractivity (Wildman–Crippen MR) is 97.0 cm³/mol. The van der Waals surface area contributed by atoms with Crippen LogP contribution in [-0.2, 0) is 9.59 Å². The Labute approximate surface area is 154 Å². The highest BCUT2D eigenvalue weighted by Crippen LogP contribution is 2.28. The van der Waals surface area contributed by atoms with Crippen molar-refractivity contribution in [2.45, 2.75) is 6.42 Å². The van der Waals surface area contributed by atoms with Gasteiger partial charge in [-0.1, -0.05) is 34.8 Å². The van der Waals surface area contributed by atoms with Gasteiger partial charge >= 0.3 is 0 Å². The molecule has 0 aliphatic carbocycles. The van der Waals surface area contributed by atoms with E-state index in [1.807, 2.05) is 0 Å². The van der Waals surface area contributed by atoms with E-state index in [1.165, 1.54) is 0 Å². The van der Waals surface area contributed by atoms with Gasteiger partial charge in [-0.3, -0.25) is 9.59 Å². The molecule has 1 N–H and O–H groups in total. The highest BCUT2D eigenvalue weighted by molar-refractivity contribution is 6.35. The zero-order valence-electron chi connectivity index (χ0n) is 12.4. The number of halogens is 3. The minimum Gasteiger partial charge on any atom is -0.326 e. The average molecular weight is 384 g/mol. The Balaban J connectivity index is 1.70. The molecule has 0 spiro atoms. The van der Waals surface area contributed by atoms with Gasteiger partial charge in [-0.25, -0.2) is 0 Å². The molecule has 1 aliphatic heterocycles. The van der Waals surface area contributed by atoms with Crippen molar-refractivity contribution in [2.24, 2.45) is 5.92 Å². The highest BCUT2D eigenvalue weighted by Gasteiger charge is 2.35. The molecule has 1 fully saturated rings. The van der Waals surface area contributed by atoms with Crippen LogP contribution in [0.25, 0.3) is 0 Å². The largest absolute Gasteiger partial charge is 0.326 e. The first kappa shape index (κ1) is 17.1. The van der Waals surface area contributed by atoms with E-state index in [0.717, 1.165) is 5.69 Å². The number of carbonyl (C=O) groups is 2. The average Bonchev–Trinajstić information content (AvgIpc) is 2.89. The van der Waals surface area contributed by atoms with Crippen LogP contribution in [0.5, 0.6) is 0 Å². The predicted octanol–water partition coefficient (Wildman–Crippen LogP) is 4.64. The molecule has 1 heterocycles. The van der Waals surface area contributed by atoms with E-state index in [2.05, 4.69) is 5.32 Å². The Hall–Kier alpha value is -1.75. The van der Waals surface area contributed by atoms with E-state index in [1.54, 1.807) is 47.4 Å². The molecule has 0 saturated carbocycles. The maximum Gasteiger partial charge on any atom is 0.229 e. The zero-order valence-corrected chi connectivity index (χ0v) is 14.7. The third kappa shape index (κ3) is 3.83. The Morgan fingerprint density at radius 3 is 2.25 bits per heavy atom.